The van der Waals surface area contributed by atoms with Gasteiger partial charge in [-0.05, 0) is 31.9 Å². The van der Waals surface area contributed by atoms with Crippen LogP contribution in [-0.4, -0.2) is 38.1 Å². The lowest BCUT2D eigenvalue weighted by atomic mass is 10.1. The minimum Gasteiger partial charge on any atom is -0.325 e. The van der Waals surface area contributed by atoms with E-state index >= 15 is 0 Å². The Morgan fingerprint density at radius 3 is 1.93 bits per heavy atom. The van der Waals surface area contributed by atoms with Gasteiger partial charge in [0.1, 0.15) is 6.54 Å². The third-order valence-corrected chi connectivity index (χ3v) is 5.76. The highest BCUT2D eigenvalue weighted by Crippen LogP contribution is 2.12. The maximum atomic E-state index is 10.5. The van der Waals surface area contributed by atoms with Crippen molar-refractivity contribution in [3.63, 3.8) is 0 Å². The molecule has 0 atom stereocenters. The summed E-state index contributed by atoms with van der Waals surface area (Å²) in [6.45, 7) is 6.56. The second-order valence-electron chi connectivity index (χ2n) is 8.36. The molecule has 0 aromatic heterocycles. The van der Waals surface area contributed by atoms with Gasteiger partial charge in [0, 0.05) is 5.56 Å². The highest BCUT2D eigenvalue weighted by Gasteiger charge is 2.14. The monoisotopic (exact) mass is 420 g/mol. The second kappa shape index (κ2) is 12.8. The highest BCUT2D eigenvalue weighted by atomic mass is 32.2. The van der Waals surface area contributed by atoms with Crippen LogP contribution in [0.2, 0.25) is 0 Å². The van der Waals surface area contributed by atoms with Crippen LogP contribution in [0.4, 0.5) is 0 Å². The average Bonchev–Trinajstić information content (AvgIpc) is 2.65. The first-order valence-electron chi connectivity index (χ1n) is 10.5. The summed E-state index contributed by atoms with van der Waals surface area (Å²) < 4.78 is 30.7. The summed E-state index contributed by atoms with van der Waals surface area (Å²) >= 11 is 0. The van der Waals surface area contributed by atoms with Crippen LogP contribution in [0.3, 0.4) is 0 Å². The molecule has 4 nitrogen and oxygen atoms in total. The van der Waals surface area contributed by atoms with Crippen LogP contribution in [0.15, 0.2) is 59.5 Å². The Bertz CT molecular complexity index is 785. The number of aryl methyl sites for hydroxylation is 1. The summed E-state index contributed by atoms with van der Waals surface area (Å²) in [6.07, 6.45) is 8.35. The molecule has 0 saturated heterocycles. The Labute approximate surface area is 177 Å². The molecule has 29 heavy (non-hydrogen) atoms. The van der Waals surface area contributed by atoms with Crippen LogP contribution in [0.25, 0.3) is 0 Å². The van der Waals surface area contributed by atoms with Crippen molar-refractivity contribution in [3.8, 4) is 0 Å². The largest absolute Gasteiger partial charge is 0.325 e. The van der Waals surface area contributed by atoms with Crippen molar-refractivity contribution in [2.24, 2.45) is 0 Å². The van der Waals surface area contributed by atoms with Crippen LogP contribution < -0.4 is 0 Å². The number of hydrogen-bond donors (Lipinski definition) is 1. The molecule has 0 spiro atoms. The van der Waals surface area contributed by atoms with E-state index in [4.69, 9.17) is 4.55 Å². The van der Waals surface area contributed by atoms with Gasteiger partial charge in [-0.25, -0.2) is 0 Å². The summed E-state index contributed by atoms with van der Waals surface area (Å²) in [5.41, 5.74) is 2.41. The van der Waals surface area contributed by atoms with Crippen LogP contribution in [0.5, 0.6) is 0 Å². The summed E-state index contributed by atoms with van der Waals surface area (Å²) in [4.78, 5) is -0.0666. The molecular formula is C24H38NO3S+. The second-order valence-corrected chi connectivity index (χ2v) is 9.78. The molecule has 0 unspecified atom stereocenters. The van der Waals surface area contributed by atoms with Crippen molar-refractivity contribution in [3.05, 3.63) is 65.7 Å². The zero-order chi connectivity index (χ0) is 21.8. The molecule has 5 heteroatoms. The normalized spacial score (nSPS) is 11.6. The standard InChI is InChI=1S/C17H30N.C7H8O3S/c1-4-5-6-7-8-12-15-18(2,3)16-17-13-10-9-11-14-17;1-6-2-4-7(5-3-6)11(8,9)10/h9-11,13-14H,4-8,12,15-16H2,1-3H3;2-5H,1H3,(H,8,9,10)/q+1;. The van der Waals surface area contributed by atoms with E-state index in [1.54, 1.807) is 12.1 Å². The summed E-state index contributed by atoms with van der Waals surface area (Å²) in [7, 11) is 0.673. The summed E-state index contributed by atoms with van der Waals surface area (Å²) in [6, 6.07) is 16.8. The van der Waals surface area contributed by atoms with Gasteiger partial charge in [-0.1, -0.05) is 80.6 Å². The average molecular weight is 421 g/mol. The van der Waals surface area contributed by atoms with Gasteiger partial charge >= 0.3 is 0 Å². The molecule has 2 rings (SSSR count). The quantitative estimate of drug-likeness (QED) is 0.297. The Morgan fingerprint density at radius 2 is 1.38 bits per heavy atom. The number of nitrogens with zero attached hydrogens (tertiary/aromatic N) is 1. The van der Waals surface area contributed by atoms with E-state index in [9.17, 15) is 8.42 Å². The van der Waals surface area contributed by atoms with E-state index < -0.39 is 10.1 Å². The van der Waals surface area contributed by atoms with Crippen LogP contribution >= 0.6 is 0 Å². The molecule has 0 bridgehead atoms. The van der Waals surface area contributed by atoms with E-state index in [0.29, 0.717) is 0 Å². The van der Waals surface area contributed by atoms with E-state index in [0.717, 1.165) is 16.6 Å². The first-order chi connectivity index (χ1) is 13.6. The van der Waals surface area contributed by atoms with Gasteiger partial charge < -0.3 is 4.48 Å². The maximum Gasteiger partial charge on any atom is 0.294 e. The molecule has 0 aliphatic heterocycles. The van der Waals surface area contributed by atoms with Crippen molar-refractivity contribution in [1.29, 1.82) is 0 Å². The first kappa shape index (κ1) is 25.3. The lowest BCUT2D eigenvalue weighted by Gasteiger charge is -2.30. The topological polar surface area (TPSA) is 54.4 Å². The predicted molar refractivity (Wildman–Crippen MR) is 121 cm³/mol. The van der Waals surface area contributed by atoms with Gasteiger partial charge in [0.2, 0.25) is 0 Å². The van der Waals surface area contributed by atoms with Crippen molar-refractivity contribution in [2.75, 3.05) is 20.6 Å². The fraction of sp³-hybridized carbons (Fsp3) is 0.500. The highest BCUT2D eigenvalue weighted by molar-refractivity contribution is 7.85. The number of unbranched alkanes of at least 4 members (excludes halogenated alkanes) is 5. The third kappa shape index (κ3) is 11.8. The lowest BCUT2D eigenvalue weighted by Crippen LogP contribution is -2.39. The molecular weight excluding hydrogens is 382 g/mol. The Kier molecular flexibility index (Phi) is 11.2. The van der Waals surface area contributed by atoms with E-state index in [2.05, 4.69) is 51.4 Å². The van der Waals surface area contributed by atoms with Gasteiger partial charge in [0.25, 0.3) is 10.1 Å². The molecule has 0 heterocycles. The van der Waals surface area contributed by atoms with Gasteiger partial charge in [-0.2, -0.15) is 8.42 Å². The molecule has 0 amide bonds. The van der Waals surface area contributed by atoms with E-state index in [-0.39, 0.29) is 4.90 Å². The molecule has 0 radical (unpaired) electrons. The van der Waals surface area contributed by atoms with Crippen molar-refractivity contribution < 1.29 is 17.5 Å². The molecule has 2 aromatic carbocycles. The van der Waals surface area contributed by atoms with Crippen molar-refractivity contribution in [2.45, 2.75) is 63.8 Å². The fourth-order valence-electron chi connectivity index (χ4n) is 3.19. The zero-order valence-electron chi connectivity index (χ0n) is 18.5. The van der Waals surface area contributed by atoms with Crippen molar-refractivity contribution >= 4 is 10.1 Å². The first-order valence-corrected chi connectivity index (χ1v) is 12.0. The van der Waals surface area contributed by atoms with Gasteiger partial charge in [-0.3, -0.25) is 4.55 Å². The number of hydrogen-bond acceptors (Lipinski definition) is 2. The Balaban J connectivity index is 0.000000326. The van der Waals surface area contributed by atoms with Crippen molar-refractivity contribution in [1.82, 2.24) is 0 Å². The number of benzene rings is 2. The van der Waals surface area contributed by atoms with Crippen LogP contribution in [-0.2, 0) is 16.7 Å². The third-order valence-electron chi connectivity index (χ3n) is 4.89. The molecule has 0 saturated carbocycles. The lowest BCUT2D eigenvalue weighted by molar-refractivity contribution is -0.903. The van der Waals surface area contributed by atoms with Gasteiger partial charge in [-0.15, -0.1) is 0 Å². The number of rotatable bonds is 10. The summed E-state index contributed by atoms with van der Waals surface area (Å²) in [5, 5.41) is 0. The van der Waals surface area contributed by atoms with Crippen LogP contribution in [0.1, 0.15) is 56.6 Å². The summed E-state index contributed by atoms with van der Waals surface area (Å²) in [5.74, 6) is 0. The van der Waals surface area contributed by atoms with Gasteiger partial charge in [0.15, 0.2) is 0 Å². The fourth-order valence-corrected chi connectivity index (χ4v) is 3.67. The Hall–Kier alpha value is -1.69. The molecule has 0 aliphatic carbocycles. The molecule has 0 fully saturated rings. The SMILES string of the molecule is CCCCCCCC[N+](C)(C)Cc1ccccc1.Cc1ccc(S(=O)(=O)O)cc1. The molecule has 0 aliphatic rings. The molecule has 2 aromatic rings. The predicted octanol–water partition coefficient (Wildman–Crippen LogP) is 5.87. The number of quaternary nitrogens is 1. The Morgan fingerprint density at radius 1 is 0.828 bits per heavy atom. The minimum absolute atomic E-state index is 0.0666. The zero-order valence-corrected chi connectivity index (χ0v) is 19.3. The maximum absolute atomic E-state index is 10.5. The smallest absolute Gasteiger partial charge is 0.294 e. The van der Waals surface area contributed by atoms with E-state index in [1.165, 1.54) is 62.8 Å². The van der Waals surface area contributed by atoms with E-state index in [1.807, 2.05) is 6.92 Å². The molecule has 162 valence electrons. The van der Waals surface area contributed by atoms with Crippen LogP contribution in [0, 0.1) is 6.92 Å². The minimum atomic E-state index is -4.02. The van der Waals surface area contributed by atoms with Gasteiger partial charge in [0.05, 0.1) is 25.5 Å². The molecule has 1 N–H and O–H groups in total.